The summed E-state index contributed by atoms with van der Waals surface area (Å²) in [6, 6.07) is 9.29. The predicted molar refractivity (Wildman–Crippen MR) is 113 cm³/mol. The first-order valence-corrected chi connectivity index (χ1v) is 10.7. The summed E-state index contributed by atoms with van der Waals surface area (Å²) in [7, 11) is 0. The summed E-state index contributed by atoms with van der Waals surface area (Å²) >= 11 is 1.49. The van der Waals surface area contributed by atoms with Gasteiger partial charge < -0.3 is 15.2 Å². The molecule has 0 bridgehead atoms. The highest BCUT2D eigenvalue weighted by atomic mass is 32.1. The van der Waals surface area contributed by atoms with Crippen molar-refractivity contribution >= 4 is 37.6 Å². The Labute approximate surface area is 175 Å². The highest BCUT2D eigenvalue weighted by Gasteiger charge is 2.23. The molecule has 0 amide bonds. The van der Waals surface area contributed by atoms with E-state index in [1.165, 1.54) is 17.5 Å². The van der Waals surface area contributed by atoms with Gasteiger partial charge in [-0.05, 0) is 37.1 Å². The molecule has 2 N–H and O–H groups in total. The average Bonchev–Trinajstić information content (AvgIpc) is 3.13. The Kier molecular flexibility index (Phi) is 4.96. The van der Waals surface area contributed by atoms with Gasteiger partial charge in [0.05, 0.1) is 27.9 Å². The molecule has 0 aliphatic heterocycles. The van der Waals surface area contributed by atoms with Crippen LogP contribution in [0.2, 0.25) is 0 Å². The van der Waals surface area contributed by atoms with Gasteiger partial charge in [-0.3, -0.25) is 4.98 Å². The van der Waals surface area contributed by atoms with Crippen molar-refractivity contribution in [1.29, 1.82) is 0 Å². The third-order valence-electron chi connectivity index (χ3n) is 5.37. The van der Waals surface area contributed by atoms with Crippen molar-refractivity contribution < 1.29 is 18.6 Å². The Balaban J connectivity index is 1.42. The van der Waals surface area contributed by atoms with E-state index in [1.54, 1.807) is 12.1 Å². The first-order valence-electron chi connectivity index (χ1n) is 9.83. The Morgan fingerprint density at radius 2 is 1.87 bits per heavy atom. The fourth-order valence-corrected chi connectivity index (χ4v) is 4.76. The number of pyridine rings is 1. The van der Waals surface area contributed by atoms with E-state index >= 15 is 0 Å². The second-order valence-corrected chi connectivity index (χ2v) is 8.48. The van der Waals surface area contributed by atoms with Gasteiger partial charge in [0.1, 0.15) is 11.5 Å². The lowest BCUT2D eigenvalue weighted by Gasteiger charge is -2.27. The summed E-state index contributed by atoms with van der Waals surface area (Å²) in [4.78, 5) is 8.68. The summed E-state index contributed by atoms with van der Waals surface area (Å²) in [6.45, 7) is 0. The van der Waals surface area contributed by atoms with E-state index in [-0.39, 0.29) is 12.1 Å². The van der Waals surface area contributed by atoms with Crippen molar-refractivity contribution in [2.45, 2.75) is 37.8 Å². The van der Waals surface area contributed by atoms with Gasteiger partial charge in [-0.1, -0.05) is 24.2 Å². The van der Waals surface area contributed by atoms with Crippen LogP contribution >= 0.6 is 11.3 Å². The summed E-state index contributed by atoms with van der Waals surface area (Å²) in [5.41, 5.74) is 1.15. The number of nitrogens with zero attached hydrogens (tertiary/aromatic N) is 2. The van der Waals surface area contributed by atoms with E-state index in [2.05, 4.69) is 15.3 Å². The number of aliphatic hydroxyl groups is 1. The maximum absolute atomic E-state index is 13.7. The van der Waals surface area contributed by atoms with Gasteiger partial charge in [0.2, 0.25) is 0 Å². The van der Waals surface area contributed by atoms with Crippen LogP contribution in [0.1, 0.15) is 25.7 Å². The van der Waals surface area contributed by atoms with Crippen molar-refractivity contribution in [2.24, 2.45) is 0 Å². The molecule has 1 aliphatic carbocycles. The fourth-order valence-electron chi connectivity index (χ4n) is 3.80. The van der Waals surface area contributed by atoms with Gasteiger partial charge >= 0.3 is 0 Å². The van der Waals surface area contributed by atoms with E-state index < -0.39 is 11.6 Å². The lowest BCUT2D eigenvalue weighted by atomic mass is 9.93. The molecule has 4 aromatic rings. The van der Waals surface area contributed by atoms with Crippen LogP contribution in [0.4, 0.5) is 13.9 Å². The normalized spacial score (nSPS) is 19.3. The number of nitrogens with one attached hydrogen (secondary N) is 1. The molecule has 0 saturated heterocycles. The summed E-state index contributed by atoms with van der Waals surface area (Å²) in [5.74, 6) is -0.931. The summed E-state index contributed by atoms with van der Waals surface area (Å²) < 4.78 is 34.1. The lowest BCUT2D eigenvalue weighted by Crippen LogP contribution is -2.36. The highest BCUT2D eigenvalue weighted by Crippen LogP contribution is 2.35. The van der Waals surface area contributed by atoms with E-state index in [0.717, 1.165) is 53.2 Å². The van der Waals surface area contributed by atoms with Crippen molar-refractivity contribution in [3.05, 3.63) is 54.2 Å². The number of aliphatic hydroxyl groups excluding tert-OH is 1. The molecule has 0 radical (unpaired) electrons. The number of thiazole rings is 1. The van der Waals surface area contributed by atoms with Crippen LogP contribution < -0.4 is 10.1 Å². The Hall–Kier alpha value is -2.84. The van der Waals surface area contributed by atoms with Crippen LogP contribution in [0, 0.1) is 11.6 Å². The van der Waals surface area contributed by atoms with E-state index in [0.29, 0.717) is 22.4 Å². The van der Waals surface area contributed by atoms with Gasteiger partial charge in [0, 0.05) is 23.7 Å². The molecule has 30 heavy (non-hydrogen) atoms. The minimum atomic E-state index is -0.945. The van der Waals surface area contributed by atoms with Crippen molar-refractivity contribution in [3.63, 3.8) is 0 Å². The monoisotopic (exact) mass is 427 g/mol. The SMILES string of the molecule is O[C@@H]1CCCC[C@H]1Nc1nc2ccc(Oc3ccnc4cc(F)c(F)cc34)cc2s1. The van der Waals surface area contributed by atoms with Crippen molar-refractivity contribution in [2.75, 3.05) is 5.32 Å². The Bertz CT molecular complexity index is 1230. The molecule has 0 spiro atoms. The fraction of sp³-hybridized carbons (Fsp3) is 0.273. The molecule has 1 aliphatic rings. The number of aromatic nitrogens is 2. The predicted octanol–water partition coefficient (Wildman–Crippen LogP) is 5.63. The minimum absolute atomic E-state index is 0.0218. The molecule has 2 atom stereocenters. The molecule has 1 saturated carbocycles. The van der Waals surface area contributed by atoms with Crippen LogP contribution in [0.3, 0.4) is 0 Å². The van der Waals surface area contributed by atoms with Crippen molar-refractivity contribution in [3.8, 4) is 11.5 Å². The molecule has 154 valence electrons. The van der Waals surface area contributed by atoms with Crippen LogP contribution in [0.25, 0.3) is 21.1 Å². The zero-order valence-corrected chi connectivity index (χ0v) is 16.8. The number of benzene rings is 2. The first kappa shape index (κ1) is 19.1. The molecule has 2 aromatic carbocycles. The lowest BCUT2D eigenvalue weighted by molar-refractivity contribution is 0.116. The summed E-state index contributed by atoms with van der Waals surface area (Å²) in [5, 5.41) is 14.7. The van der Waals surface area contributed by atoms with Gasteiger partial charge in [-0.15, -0.1) is 0 Å². The van der Waals surface area contributed by atoms with Crippen LogP contribution in [-0.4, -0.2) is 27.2 Å². The van der Waals surface area contributed by atoms with E-state index in [9.17, 15) is 13.9 Å². The molecule has 2 heterocycles. The maximum Gasteiger partial charge on any atom is 0.184 e. The smallest absolute Gasteiger partial charge is 0.184 e. The van der Waals surface area contributed by atoms with Crippen LogP contribution in [0.15, 0.2) is 42.6 Å². The van der Waals surface area contributed by atoms with Gasteiger partial charge in [0.25, 0.3) is 0 Å². The topological polar surface area (TPSA) is 67.3 Å². The van der Waals surface area contributed by atoms with Gasteiger partial charge in [-0.2, -0.15) is 0 Å². The average molecular weight is 427 g/mol. The quantitative estimate of drug-likeness (QED) is 0.442. The first-order chi connectivity index (χ1) is 14.6. The number of hydrogen-bond donors (Lipinski definition) is 2. The van der Waals surface area contributed by atoms with Crippen molar-refractivity contribution in [1.82, 2.24) is 9.97 Å². The molecule has 5 rings (SSSR count). The zero-order valence-electron chi connectivity index (χ0n) is 15.9. The second kappa shape index (κ2) is 7.77. The summed E-state index contributed by atoms with van der Waals surface area (Å²) in [6.07, 6.45) is 5.04. The largest absolute Gasteiger partial charge is 0.457 e. The third kappa shape index (κ3) is 3.68. The zero-order chi connectivity index (χ0) is 20.7. The van der Waals surface area contributed by atoms with Crippen LogP contribution in [-0.2, 0) is 0 Å². The van der Waals surface area contributed by atoms with E-state index in [1.807, 2.05) is 12.1 Å². The number of anilines is 1. The molecule has 8 heteroatoms. The second-order valence-electron chi connectivity index (χ2n) is 7.45. The molecular formula is C22H19F2N3O2S. The molecular weight excluding hydrogens is 408 g/mol. The maximum atomic E-state index is 13.7. The van der Waals surface area contributed by atoms with Crippen LogP contribution in [0.5, 0.6) is 11.5 Å². The van der Waals surface area contributed by atoms with E-state index in [4.69, 9.17) is 4.74 Å². The minimum Gasteiger partial charge on any atom is -0.457 e. The number of fused-ring (bicyclic) bond motifs is 2. The Morgan fingerprint density at radius 3 is 2.73 bits per heavy atom. The molecule has 1 fully saturated rings. The number of ether oxygens (including phenoxy) is 1. The third-order valence-corrected chi connectivity index (χ3v) is 6.32. The molecule has 5 nitrogen and oxygen atoms in total. The Morgan fingerprint density at radius 1 is 1.03 bits per heavy atom. The molecule has 0 unspecified atom stereocenters. The van der Waals surface area contributed by atoms with Gasteiger partial charge in [0.15, 0.2) is 16.8 Å². The van der Waals surface area contributed by atoms with Gasteiger partial charge in [-0.25, -0.2) is 13.8 Å². The highest BCUT2D eigenvalue weighted by molar-refractivity contribution is 7.22. The number of hydrogen-bond acceptors (Lipinski definition) is 6. The number of halogens is 2. The molecule has 2 aromatic heterocycles. The standard InChI is InChI=1S/C22H19F2N3O2S/c23-14-10-13-18(11-15(14)24)25-8-7-20(13)29-12-5-6-17-21(9-12)30-22(27-17)26-16-3-1-2-4-19(16)28/h5-11,16,19,28H,1-4H2,(H,26,27)/t16-,19-/m1/s1. The number of rotatable bonds is 4.